The Morgan fingerprint density at radius 2 is 1.86 bits per heavy atom. The summed E-state index contributed by atoms with van der Waals surface area (Å²) in [5.41, 5.74) is 0.121. The van der Waals surface area contributed by atoms with E-state index < -0.39 is 5.60 Å². The van der Waals surface area contributed by atoms with Crippen molar-refractivity contribution in [1.29, 1.82) is 0 Å². The van der Waals surface area contributed by atoms with Gasteiger partial charge < -0.3 is 14.9 Å². The summed E-state index contributed by atoms with van der Waals surface area (Å²) in [6.07, 6.45) is 0.515. The van der Waals surface area contributed by atoms with Crippen molar-refractivity contribution >= 4 is 0 Å². The van der Waals surface area contributed by atoms with Gasteiger partial charge in [0.05, 0.1) is 12.2 Å². The third-order valence-electron chi connectivity index (χ3n) is 1.98. The minimum atomic E-state index is -0.855. The van der Waals surface area contributed by atoms with Crippen molar-refractivity contribution in [2.24, 2.45) is 0 Å². The fourth-order valence-electron chi connectivity index (χ4n) is 1.42. The van der Waals surface area contributed by atoms with Gasteiger partial charge in [-0.3, -0.25) is 0 Å². The van der Waals surface area contributed by atoms with Gasteiger partial charge in [-0.05, 0) is 24.6 Å². The maximum atomic E-state index is 9.85. The van der Waals surface area contributed by atoms with Gasteiger partial charge in [-0.2, -0.15) is 0 Å². The molecule has 0 saturated heterocycles. The van der Waals surface area contributed by atoms with Crippen molar-refractivity contribution in [3.05, 3.63) is 29.8 Å². The Balaban J connectivity index is 2.64. The van der Waals surface area contributed by atoms with Gasteiger partial charge in [0.25, 0.3) is 0 Å². The molecular formula is C11H16O3. The average molecular weight is 196 g/mol. The zero-order valence-corrected chi connectivity index (χ0v) is 8.53. The molecule has 2 N–H and O–H groups in total. The monoisotopic (exact) mass is 196 g/mol. The van der Waals surface area contributed by atoms with Crippen LogP contribution in [-0.4, -0.2) is 29.5 Å². The number of phenols is 1. The first-order valence-corrected chi connectivity index (χ1v) is 4.53. The molecule has 0 aliphatic carbocycles. The van der Waals surface area contributed by atoms with Crippen molar-refractivity contribution in [2.75, 3.05) is 13.7 Å². The molecule has 3 heteroatoms. The number of aromatic hydroxyl groups is 1. The average Bonchev–Trinajstić information content (AvgIpc) is 2.08. The van der Waals surface area contributed by atoms with E-state index in [4.69, 9.17) is 9.84 Å². The Bertz CT molecular complexity index is 277. The fraction of sp³-hybridized carbons (Fsp3) is 0.455. The molecule has 1 aromatic rings. The molecule has 14 heavy (non-hydrogen) atoms. The molecule has 0 aliphatic heterocycles. The summed E-state index contributed by atoms with van der Waals surface area (Å²) >= 11 is 0. The highest BCUT2D eigenvalue weighted by molar-refractivity contribution is 5.26. The SMILES string of the molecule is COCC(C)(O)Cc1ccc(O)cc1. The molecule has 1 rings (SSSR count). The Labute approximate surface area is 84.0 Å². The number of rotatable bonds is 4. The molecule has 0 aliphatic rings. The molecule has 0 aromatic heterocycles. The number of methoxy groups -OCH3 is 1. The van der Waals surface area contributed by atoms with Crippen molar-refractivity contribution in [1.82, 2.24) is 0 Å². The lowest BCUT2D eigenvalue weighted by Gasteiger charge is -2.22. The zero-order valence-electron chi connectivity index (χ0n) is 8.53. The van der Waals surface area contributed by atoms with Crippen LogP contribution >= 0.6 is 0 Å². The van der Waals surface area contributed by atoms with E-state index in [0.29, 0.717) is 13.0 Å². The van der Waals surface area contributed by atoms with E-state index in [2.05, 4.69) is 0 Å². The van der Waals surface area contributed by atoms with Crippen molar-refractivity contribution in [2.45, 2.75) is 18.9 Å². The number of phenolic OH excluding ortho intramolecular Hbond substituents is 1. The first-order chi connectivity index (χ1) is 6.53. The van der Waals surface area contributed by atoms with E-state index in [9.17, 15) is 5.11 Å². The topological polar surface area (TPSA) is 49.7 Å². The van der Waals surface area contributed by atoms with Crippen LogP contribution in [0.4, 0.5) is 0 Å². The third kappa shape index (κ3) is 3.36. The van der Waals surface area contributed by atoms with Crippen LogP contribution in [0, 0.1) is 0 Å². The molecule has 1 aromatic carbocycles. The second-order valence-corrected chi connectivity index (χ2v) is 3.77. The van der Waals surface area contributed by atoms with Crippen molar-refractivity contribution < 1.29 is 14.9 Å². The normalized spacial score (nSPS) is 15.1. The Kier molecular flexibility index (Phi) is 3.49. The molecule has 0 fully saturated rings. The minimum absolute atomic E-state index is 0.236. The smallest absolute Gasteiger partial charge is 0.115 e. The molecular weight excluding hydrogens is 180 g/mol. The van der Waals surface area contributed by atoms with Crippen LogP contribution in [0.15, 0.2) is 24.3 Å². The van der Waals surface area contributed by atoms with Crippen LogP contribution in [0.25, 0.3) is 0 Å². The van der Waals surface area contributed by atoms with Gasteiger partial charge in [-0.25, -0.2) is 0 Å². The van der Waals surface area contributed by atoms with E-state index in [0.717, 1.165) is 5.56 Å². The highest BCUT2D eigenvalue weighted by atomic mass is 16.5. The van der Waals surface area contributed by atoms with Crippen LogP contribution < -0.4 is 0 Å². The summed E-state index contributed by atoms with van der Waals surface area (Å²) in [5, 5.41) is 18.9. The first kappa shape index (κ1) is 11.0. The molecule has 3 nitrogen and oxygen atoms in total. The lowest BCUT2D eigenvalue weighted by atomic mass is 9.97. The zero-order chi connectivity index (χ0) is 10.6. The molecule has 0 heterocycles. The number of hydrogen-bond donors (Lipinski definition) is 2. The molecule has 0 saturated carbocycles. The minimum Gasteiger partial charge on any atom is -0.508 e. The van der Waals surface area contributed by atoms with E-state index in [1.165, 1.54) is 0 Å². The number of aliphatic hydroxyl groups is 1. The van der Waals surface area contributed by atoms with Gasteiger partial charge in [0, 0.05) is 13.5 Å². The number of benzene rings is 1. The maximum absolute atomic E-state index is 9.85. The van der Waals surface area contributed by atoms with Crippen LogP contribution in [0.5, 0.6) is 5.75 Å². The number of ether oxygens (including phenoxy) is 1. The van der Waals surface area contributed by atoms with Crippen LogP contribution in [0.1, 0.15) is 12.5 Å². The van der Waals surface area contributed by atoms with Crippen molar-refractivity contribution in [3.63, 3.8) is 0 Å². The van der Waals surface area contributed by atoms with Crippen LogP contribution in [0.3, 0.4) is 0 Å². The molecule has 78 valence electrons. The summed E-state index contributed by atoms with van der Waals surface area (Å²) < 4.78 is 4.90. The lowest BCUT2D eigenvalue weighted by molar-refractivity contribution is -0.0161. The summed E-state index contributed by atoms with van der Waals surface area (Å²) in [6.45, 7) is 2.03. The summed E-state index contributed by atoms with van der Waals surface area (Å²) in [4.78, 5) is 0. The van der Waals surface area contributed by atoms with Gasteiger partial charge in [0.2, 0.25) is 0 Å². The van der Waals surface area contributed by atoms with Gasteiger partial charge in [-0.15, -0.1) is 0 Å². The first-order valence-electron chi connectivity index (χ1n) is 4.53. The fourth-order valence-corrected chi connectivity index (χ4v) is 1.42. The standard InChI is InChI=1S/C11H16O3/c1-11(13,8-14-2)7-9-3-5-10(12)6-4-9/h3-6,12-13H,7-8H2,1-2H3. The maximum Gasteiger partial charge on any atom is 0.115 e. The van der Waals surface area contributed by atoms with Crippen molar-refractivity contribution in [3.8, 4) is 5.75 Å². The second kappa shape index (κ2) is 4.44. The summed E-state index contributed by atoms with van der Waals surface area (Å²) in [5.74, 6) is 0.236. The van der Waals surface area contributed by atoms with Crippen LogP contribution in [-0.2, 0) is 11.2 Å². The quantitative estimate of drug-likeness (QED) is 0.763. The van der Waals surface area contributed by atoms with Gasteiger partial charge >= 0.3 is 0 Å². The predicted octanol–water partition coefficient (Wildman–Crippen LogP) is 1.33. The molecule has 0 bridgehead atoms. The van der Waals surface area contributed by atoms with E-state index in [-0.39, 0.29) is 5.75 Å². The Hall–Kier alpha value is -1.06. The van der Waals surface area contributed by atoms with Crippen LogP contribution in [0.2, 0.25) is 0 Å². The molecule has 0 spiro atoms. The molecule has 1 atom stereocenters. The second-order valence-electron chi connectivity index (χ2n) is 3.77. The van der Waals surface area contributed by atoms with E-state index in [1.54, 1.807) is 38.3 Å². The molecule has 0 amide bonds. The van der Waals surface area contributed by atoms with E-state index >= 15 is 0 Å². The summed E-state index contributed by atoms with van der Waals surface area (Å²) in [6, 6.07) is 6.80. The Morgan fingerprint density at radius 1 is 1.29 bits per heavy atom. The third-order valence-corrected chi connectivity index (χ3v) is 1.98. The Morgan fingerprint density at radius 3 is 2.36 bits per heavy atom. The summed E-state index contributed by atoms with van der Waals surface area (Å²) in [7, 11) is 1.56. The molecule has 1 unspecified atom stereocenters. The van der Waals surface area contributed by atoms with Gasteiger partial charge in [0.1, 0.15) is 5.75 Å². The highest BCUT2D eigenvalue weighted by Crippen LogP contribution is 2.16. The predicted molar refractivity (Wildman–Crippen MR) is 54.3 cm³/mol. The largest absolute Gasteiger partial charge is 0.508 e. The molecule has 0 radical (unpaired) electrons. The number of hydrogen-bond acceptors (Lipinski definition) is 3. The lowest BCUT2D eigenvalue weighted by Crippen LogP contribution is -2.32. The van der Waals surface area contributed by atoms with Gasteiger partial charge in [-0.1, -0.05) is 12.1 Å². The highest BCUT2D eigenvalue weighted by Gasteiger charge is 2.20. The van der Waals surface area contributed by atoms with Gasteiger partial charge in [0.15, 0.2) is 0 Å². The van der Waals surface area contributed by atoms with E-state index in [1.807, 2.05) is 0 Å².